The van der Waals surface area contributed by atoms with Gasteiger partial charge < -0.3 is 5.32 Å². The lowest BCUT2D eigenvalue weighted by Gasteiger charge is -2.01. The number of hydrogen-bond donors (Lipinski definition) is 1. The minimum absolute atomic E-state index is 0.0332. The number of amides is 1. The van der Waals surface area contributed by atoms with Crippen LogP contribution in [0.15, 0.2) is 24.3 Å². The molecule has 1 amide bonds. The second kappa shape index (κ2) is 9.22. The zero-order chi connectivity index (χ0) is 13.9. The molecule has 1 rings (SSSR count). The summed E-state index contributed by atoms with van der Waals surface area (Å²) in [5.74, 6) is 6.27. The summed E-state index contributed by atoms with van der Waals surface area (Å²) in [5.41, 5.74) is 1.60. The van der Waals surface area contributed by atoms with E-state index in [1.165, 1.54) is 19.3 Å². The molecule has 0 unspecified atom stereocenters. The number of rotatable bonds is 6. The van der Waals surface area contributed by atoms with Crippen molar-refractivity contribution < 1.29 is 4.79 Å². The first-order valence-electron chi connectivity index (χ1n) is 7.15. The number of hydrogen-bond acceptors (Lipinski definition) is 1. The number of carbonyl (C=O) groups excluding carboxylic acids is 1. The van der Waals surface area contributed by atoms with Crippen molar-refractivity contribution in [1.82, 2.24) is 5.32 Å². The lowest BCUT2D eigenvalue weighted by atomic mass is 10.1. The van der Waals surface area contributed by atoms with Crippen molar-refractivity contribution in [2.24, 2.45) is 0 Å². The standard InChI is InChI=1S/C17H23NO/c1-3-5-6-7-8-9-11-15-12-10-13-16(14-15)17(19)18-4-2/h10,12-14H,3-8H2,1-2H3,(H,18,19). The highest BCUT2D eigenvalue weighted by molar-refractivity contribution is 5.94. The van der Waals surface area contributed by atoms with Crippen LogP contribution in [-0.2, 0) is 0 Å². The van der Waals surface area contributed by atoms with Crippen LogP contribution in [0, 0.1) is 11.8 Å². The number of unbranched alkanes of at least 4 members (excludes halogenated alkanes) is 4. The fourth-order valence-corrected chi connectivity index (χ4v) is 1.81. The molecule has 0 heterocycles. The number of nitrogens with one attached hydrogen (secondary N) is 1. The summed E-state index contributed by atoms with van der Waals surface area (Å²) in [6.45, 7) is 4.77. The van der Waals surface area contributed by atoms with Crippen molar-refractivity contribution in [1.29, 1.82) is 0 Å². The van der Waals surface area contributed by atoms with Crippen molar-refractivity contribution in [3.63, 3.8) is 0 Å². The topological polar surface area (TPSA) is 29.1 Å². The number of carbonyl (C=O) groups is 1. The van der Waals surface area contributed by atoms with Crippen molar-refractivity contribution in [3.05, 3.63) is 35.4 Å². The van der Waals surface area contributed by atoms with E-state index in [4.69, 9.17) is 0 Å². The molecule has 2 nitrogen and oxygen atoms in total. The second-order valence-corrected chi connectivity index (χ2v) is 4.55. The van der Waals surface area contributed by atoms with Gasteiger partial charge in [-0.05, 0) is 31.5 Å². The quantitative estimate of drug-likeness (QED) is 0.610. The maximum atomic E-state index is 11.7. The van der Waals surface area contributed by atoms with Crippen LogP contribution >= 0.6 is 0 Å². The largest absolute Gasteiger partial charge is 0.352 e. The predicted octanol–water partition coefficient (Wildman–Crippen LogP) is 3.76. The Bertz CT molecular complexity index is 454. The van der Waals surface area contributed by atoms with Gasteiger partial charge in [0.25, 0.3) is 5.91 Å². The first kappa shape index (κ1) is 15.3. The van der Waals surface area contributed by atoms with E-state index in [9.17, 15) is 4.79 Å². The molecule has 0 radical (unpaired) electrons. The minimum Gasteiger partial charge on any atom is -0.352 e. The van der Waals surface area contributed by atoms with E-state index in [2.05, 4.69) is 24.1 Å². The van der Waals surface area contributed by atoms with Crippen LogP contribution in [0.1, 0.15) is 61.9 Å². The van der Waals surface area contributed by atoms with E-state index in [1.807, 2.05) is 31.2 Å². The second-order valence-electron chi connectivity index (χ2n) is 4.55. The summed E-state index contributed by atoms with van der Waals surface area (Å²) < 4.78 is 0. The van der Waals surface area contributed by atoms with Crippen molar-refractivity contribution in [2.45, 2.75) is 46.0 Å². The summed E-state index contributed by atoms with van der Waals surface area (Å²) >= 11 is 0. The van der Waals surface area contributed by atoms with Crippen LogP contribution < -0.4 is 5.32 Å². The lowest BCUT2D eigenvalue weighted by Crippen LogP contribution is -2.22. The molecule has 0 saturated heterocycles. The molecule has 0 saturated carbocycles. The van der Waals surface area contributed by atoms with Gasteiger partial charge in [0.2, 0.25) is 0 Å². The van der Waals surface area contributed by atoms with Gasteiger partial charge in [-0.2, -0.15) is 0 Å². The van der Waals surface area contributed by atoms with Gasteiger partial charge >= 0.3 is 0 Å². The van der Waals surface area contributed by atoms with Crippen molar-refractivity contribution in [2.75, 3.05) is 6.54 Å². The average Bonchev–Trinajstić information content (AvgIpc) is 2.43. The Morgan fingerprint density at radius 1 is 1.21 bits per heavy atom. The van der Waals surface area contributed by atoms with Crippen LogP contribution in [0.25, 0.3) is 0 Å². The molecule has 0 aromatic heterocycles. The summed E-state index contributed by atoms with van der Waals surface area (Å²) in [6.07, 6.45) is 5.89. The van der Waals surface area contributed by atoms with Crippen LogP contribution in [0.3, 0.4) is 0 Å². The van der Waals surface area contributed by atoms with E-state index in [0.29, 0.717) is 12.1 Å². The van der Waals surface area contributed by atoms with Crippen molar-refractivity contribution in [3.8, 4) is 11.8 Å². The normalized spacial score (nSPS) is 9.58. The SMILES string of the molecule is CCCCCCC#Cc1cccc(C(=O)NCC)c1. The van der Waals surface area contributed by atoms with Crippen LogP contribution in [0.4, 0.5) is 0 Å². The van der Waals surface area contributed by atoms with Gasteiger partial charge in [0.05, 0.1) is 0 Å². The van der Waals surface area contributed by atoms with Gasteiger partial charge in [-0.3, -0.25) is 4.79 Å². The third kappa shape index (κ3) is 6.10. The molecular weight excluding hydrogens is 234 g/mol. The zero-order valence-corrected chi connectivity index (χ0v) is 12.0. The van der Waals surface area contributed by atoms with Gasteiger partial charge in [0.15, 0.2) is 0 Å². The van der Waals surface area contributed by atoms with Crippen LogP contribution in [0.5, 0.6) is 0 Å². The highest BCUT2D eigenvalue weighted by atomic mass is 16.1. The molecule has 1 N–H and O–H groups in total. The van der Waals surface area contributed by atoms with Gasteiger partial charge in [0.1, 0.15) is 0 Å². The maximum Gasteiger partial charge on any atom is 0.251 e. The Labute approximate surface area is 116 Å². The van der Waals surface area contributed by atoms with E-state index in [0.717, 1.165) is 18.4 Å². The first-order chi connectivity index (χ1) is 9.27. The Morgan fingerprint density at radius 3 is 2.79 bits per heavy atom. The highest BCUT2D eigenvalue weighted by Crippen LogP contribution is 2.05. The molecule has 1 aromatic rings. The van der Waals surface area contributed by atoms with Crippen LogP contribution in [-0.4, -0.2) is 12.5 Å². The summed E-state index contributed by atoms with van der Waals surface area (Å²) in [6, 6.07) is 7.49. The third-order valence-corrected chi connectivity index (χ3v) is 2.85. The fourth-order valence-electron chi connectivity index (χ4n) is 1.81. The van der Waals surface area contributed by atoms with Gasteiger partial charge in [-0.1, -0.05) is 44.1 Å². The summed E-state index contributed by atoms with van der Waals surface area (Å²) in [7, 11) is 0. The summed E-state index contributed by atoms with van der Waals surface area (Å²) in [4.78, 5) is 11.7. The Kier molecular flexibility index (Phi) is 7.43. The van der Waals surface area contributed by atoms with Crippen molar-refractivity contribution >= 4 is 5.91 Å². The van der Waals surface area contributed by atoms with Gasteiger partial charge in [0, 0.05) is 24.1 Å². The first-order valence-corrected chi connectivity index (χ1v) is 7.15. The monoisotopic (exact) mass is 257 g/mol. The van der Waals surface area contributed by atoms with Gasteiger partial charge in [-0.25, -0.2) is 0 Å². The van der Waals surface area contributed by atoms with E-state index < -0.39 is 0 Å². The van der Waals surface area contributed by atoms with E-state index in [1.54, 1.807) is 0 Å². The fraction of sp³-hybridized carbons (Fsp3) is 0.471. The highest BCUT2D eigenvalue weighted by Gasteiger charge is 2.03. The molecule has 0 spiro atoms. The summed E-state index contributed by atoms with van der Waals surface area (Å²) in [5, 5.41) is 2.79. The smallest absolute Gasteiger partial charge is 0.251 e. The minimum atomic E-state index is -0.0332. The maximum absolute atomic E-state index is 11.7. The molecular formula is C17H23NO. The zero-order valence-electron chi connectivity index (χ0n) is 12.0. The third-order valence-electron chi connectivity index (χ3n) is 2.85. The molecule has 2 heteroatoms. The molecule has 102 valence electrons. The molecule has 0 aliphatic rings. The predicted molar refractivity (Wildman–Crippen MR) is 80.1 cm³/mol. The molecule has 19 heavy (non-hydrogen) atoms. The van der Waals surface area contributed by atoms with Gasteiger partial charge in [-0.15, -0.1) is 0 Å². The molecule has 1 aromatic carbocycles. The Balaban J connectivity index is 2.52. The molecule has 0 aliphatic heterocycles. The Hall–Kier alpha value is -1.75. The average molecular weight is 257 g/mol. The molecule has 0 fully saturated rings. The Morgan fingerprint density at radius 2 is 2.05 bits per heavy atom. The van der Waals surface area contributed by atoms with E-state index in [-0.39, 0.29) is 5.91 Å². The van der Waals surface area contributed by atoms with E-state index >= 15 is 0 Å². The lowest BCUT2D eigenvalue weighted by molar-refractivity contribution is 0.0956. The van der Waals surface area contributed by atoms with Crippen LogP contribution in [0.2, 0.25) is 0 Å². The molecule has 0 bridgehead atoms. The number of benzene rings is 1. The molecule has 0 aliphatic carbocycles. The molecule has 0 atom stereocenters.